The molecule has 2 aromatic rings. The number of carbonyl (C=O) groups excluding carboxylic acids is 1. The van der Waals surface area contributed by atoms with Gasteiger partial charge in [0.25, 0.3) is 8.18 Å². The lowest BCUT2D eigenvalue weighted by atomic mass is 10.0. The fourth-order valence-electron chi connectivity index (χ4n) is 4.12. The molecule has 35 heavy (non-hydrogen) atoms. The molecule has 3 N–H and O–H groups in total. The number of fused-ring (bicyclic) bond motifs is 1. The molecule has 4 rings (SSSR count). The highest BCUT2D eigenvalue weighted by Crippen LogP contribution is 2.43. The number of alkyl halides is 1. The Hall–Kier alpha value is -2.34. The van der Waals surface area contributed by atoms with Gasteiger partial charge in [-0.15, -0.1) is 0 Å². The average Bonchev–Trinajstić information content (AvgIpc) is 3.47. The minimum absolute atomic E-state index is 0.00678. The average molecular weight is 514 g/mol. The summed E-state index contributed by atoms with van der Waals surface area (Å²) in [6.45, 7) is 6.29. The number of carbonyl (C=O) groups is 1. The predicted molar refractivity (Wildman–Crippen MR) is 128 cm³/mol. The monoisotopic (exact) mass is 513 g/mol. The van der Waals surface area contributed by atoms with Crippen LogP contribution in [0.1, 0.15) is 53.2 Å². The second-order valence-corrected chi connectivity index (χ2v) is 10.8. The highest BCUT2D eigenvalue weighted by atomic mass is 31.1. The smallest absolute Gasteiger partial charge is 0.323 e. The van der Waals surface area contributed by atoms with Gasteiger partial charge in [0, 0.05) is 19.5 Å². The summed E-state index contributed by atoms with van der Waals surface area (Å²) < 4.78 is 45.8. The van der Waals surface area contributed by atoms with E-state index in [-0.39, 0.29) is 25.1 Å². The first-order chi connectivity index (χ1) is 16.5. The van der Waals surface area contributed by atoms with Crippen molar-refractivity contribution < 1.29 is 27.7 Å². The fourth-order valence-corrected chi connectivity index (χ4v) is 5.01. The van der Waals surface area contributed by atoms with Crippen LogP contribution >= 0.6 is 8.18 Å². The lowest BCUT2D eigenvalue weighted by Crippen LogP contribution is -2.33. The van der Waals surface area contributed by atoms with Gasteiger partial charge in [0.15, 0.2) is 28.9 Å². The van der Waals surface area contributed by atoms with Gasteiger partial charge in [-0.25, -0.2) is 14.5 Å². The summed E-state index contributed by atoms with van der Waals surface area (Å²) in [5.74, 6) is 0.132. The minimum Gasteiger partial charge on any atom is -0.462 e. The first kappa shape index (κ1) is 25.7. The number of nitrogens with zero attached hydrogens (tertiary/aromatic N) is 5. The van der Waals surface area contributed by atoms with Crippen LogP contribution in [0.4, 0.5) is 16.2 Å². The molecule has 1 saturated carbocycles. The normalized spacial score (nSPS) is 26.3. The number of ether oxygens (including phenoxy) is 2. The van der Waals surface area contributed by atoms with Crippen LogP contribution in [0.5, 0.6) is 0 Å². The topological polar surface area (TPSA) is 147 Å². The molecule has 1 aliphatic heterocycles. The summed E-state index contributed by atoms with van der Waals surface area (Å²) >= 11 is 0. The van der Waals surface area contributed by atoms with Crippen molar-refractivity contribution in [2.75, 3.05) is 24.3 Å². The van der Waals surface area contributed by atoms with E-state index in [1.165, 1.54) is 24.7 Å². The van der Waals surface area contributed by atoms with E-state index in [1.54, 1.807) is 13.8 Å². The highest BCUT2D eigenvalue weighted by molar-refractivity contribution is 7.36. The minimum atomic E-state index is -2.79. The van der Waals surface area contributed by atoms with Crippen LogP contribution in [0.25, 0.3) is 11.2 Å². The zero-order valence-electron chi connectivity index (χ0n) is 20.5. The van der Waals surface area contributed by atoms with Crippen molar-refractivity contribution in [3.05, 3.63) is 6.33 Å². The summed E-state index contributed by atoms with van der Waals surface area (Å²) in [5, 5.41) is 2.58. The van der Waals surface area contributed by atoms with Crippen LogP contribution in [0.15, 0.2) is 6.33 Å². The lowest BCUT2D eigenvalue weighted by molar-refractivity contribution is -0.149. The van der Waals surface area contributed by atoms with Crippen molar-refractivity contribution in [3.8, 4) is 0 Å². The molecule has 1 saturated heterocycles. The number of halogens is 1. The van der Waals surface area contributed by atoms with Gasteiger partial charge in [0.05, 0.1) is 25.1 Å². The molecule has 0 spiro atoms. The molecule has 1 unspecified atom stereocenters. The maximum Gasteiger partial charge on any atom is 0.323 e. The summed E-state index contributed by atoms with van der Waals surface area (Å²) in [5.41, 5.74) is 5.08. The SMILES string of the molecule is CC(C)OC(=O)[C@@H](C)N[PH](=O)OC[C@@H]1C[C@@](C)(F)[C@H](n2cnc3c(N(C)C4CC4)nc(N)nc32)O1. The van der Waals surface area contributed by atoms with Gasteiger partial charge < -0.3 is 24.6 Å². The van der Waals surface area contributed by atoms with Gasteiger partial charge >= 0.3 is 5.97 Å². The van der Waals surface area contributed by atoms with E-state index >= 15 is 4.39 Å². The standard InChI is InChI=1S/C21H33FN7O5P/c1-11(2)33-18(30)12(3)27-35(31)32-9-14-8-21(4,22)19(34-14)29-10-24-15-16(28(5)13-6-7-13)25-20(23)26-17(15)29/h10-14,19,35H,6-9H2,1-5H3,(H,27,31)(H2,23,25,26)/t12-,14+,19-,21-/m1/s1. The van der Waals surface area contributed by atoms with Gasteiger partial charge in [-0.3, -0.25) is 13.9 Å². The fraction of sp³-hybridized carbons (Fsp3) is 0.714. The summed E-state index contributed by atoms with van der Waals surface area (Å²) in [6, 6.07) is -0.433. The number of hydrogen-bond donors (Lipinski definition) is 2. The van der Waals surface area contributed by atoms with Crippen molar-refractivity contribution in [3.63, 3.8) is 0 Å². The van der Waals surface area contributed by atoms with Crippen LogP contribution in [-0.4, -0.2) is 69.1 Å². The molecular weight excluding hydrogens is 480 g/mol. The van der Waals surface area contributed by atoms with Crippen molar-refractivity contribution in [2.45, 2.75) is 83.1 Å². The van der Waals surface area contributed by atoms with Crippen molar-refractivity contribution in [1.29, 1.82) is 0 Å². The number of nitrogens with two attached hydrogens (primary N) is 1. The first-order valence-electron chi connectivity index (χ1n) is 11.7. The van der Waals surface area contributed by atoms with Crippen LogP contribution in [0.2, 0.25) is 0 Å². The number of hydrogen-bond acceptors (Lipinski definition) is 10. The Morgan fingerprint density at radius 2 is 2.14 bits per heavy atom. The Labute approximate surface area is 203 Å². The number of nitrogen functional groups attached to an aromatic ring is 1. The second kappa shape index (κ2) is 9.96. The molecule has 0 amide bonds. The third-order valence-corrected chi connectivity index (χ3v) is 7.10. The van der Waals surface area contributed by atoms with E-state index in [9.17, 15) is 9.36 Å². The zero-order chi connectivity index (χ0) is 25.5. The number of imidazole rings is 1. The maximum atomic E-state index is 15.6. The Morgan fingerprint density at radius 1 is 1.43 bits per heavy atom. The van der Waals surface area contributed by atoms with E-state index in [2.05, 4.69) is 20.0 Å². The molecule has 14 heteroatoms. The molecule has 12 nitrogen and oxygen atoms in total. The number of aromatic nitrogens is 4. The van der Waals surface area contributed by atoms with Crippen molar-refractivity contribution in [1.82, 2.24) is 24.6 Å². The number of nitrogens with one attached hydrogen (secondary N) is 1. The molecule has 0 bridgehead atoms. The summed E-state index contributed by atoms with van der Waals surface area (Å²) in [6.07, 6.45) is 1.61. The third kappa shape index (κ3) is 5.74. The maximum absolute atomic E-state index is 15.6. The molecule has 0 aromatic carbocycles. The molecule has 1 aliphatic carbocycles. The molecular formula is C21H33FN7O5P. The van der Waals surface area contributed by atoms with Gasteiger partial charge in [-0.1, -0.05) is 0 Å². The first-order valence-corrected chi connectivity index (χ1v) is 13.0. The molecule has 0 radical (unpaired) electrons. The molecule has 194 valence electrons. The van der Waals surface area contributed by atoms with Crippen molar-refractivity contribution >= 4 is 37.1 Å². The molecule has 5 atom stereocenters. The van der Waals surface area contributed by atoms with Gasteiger partial charge in [-0.05, 0) is 40.5 Å². The molecule has 2 fully saturated rings. The third-order valence-electron chi connectivity index (χ3n) is 6.00. The predicted octanol–water partition coefficient (Wildman–Crippen LogP) is 2.36. The van der Waals surface area contributed by atoms with Gasteiger partial charge in [-0.2, -0.15) is 9.97 Å². The van der Waals surface area contributed by atoms with E-state index in [0.29, 0.717) is 23.0 Å². The Balaban J connectivity index is 1.43. The van der Waals surface area contributed by atoms with E-state index in [4.69, 9.17) is 19.7 Å². The van der Waals surface area contributed by atoms with E-state index in [0.717, 1.165) is 12.8 Å². The Morgan fingerprint density at radius 3 is 2.80 bits per heavy atom. The number of esters is 1. The van der Waals surface area contributed by atoms with E-state index < -0.39 is 38.2 Å². The van der Waals surface area contributed by atoms with Crippen LogP contribution < -0.4 is 15.7 Å². The van der Waals surface area contributed by atoms with Crippen LogP contribution in [0.3, 0.4) is 0 Å². The zero-order valence-corrected chi connectivity index (χ0v) is 21.5. The largest absolute Gasteiger partial charge is 0.462 e. The second-order valence-electron chi connectivity index (χ2n) is 9.61. The molecule has 2 aromatic heterocycles. The van der Waals surface area contributed by atoms with Crippen molar-refractivity contribution in [2.24, 2.45) is 0 Å². The Bertz CT molecular complexity index is 1110. The number of anilines is 2. The summed E-state index contributed by atoms with van der Waals surface area (Å²) in [7, 11) is -0.858. The quantitative estimate of drug-likeness (QED) is 0.356. The van der Waals surface area contributed by atoms with Gasteiger partial charge in [0.1, 0.15) is 6.04 Å². The van der Waals surface area contributed by atoms with Crippen LogP contribution in [0, 0.1) is 0 Å². The molecule has 2 aliphatic rings. The highest BCUT2D eigenvalue weighted by Gasteiger charge is 2.48. The van der Waals surface area contributed by atoms with Crippen LogP contribution in [-0.2, 0) is 23.4 Å². The van der Waals surface area contributed by atoms with E-state index in [1.807, 2.05) is 11.9 Å². The summed E-state index contributed by atoms with van der Waals surface area (Å²) in [4.78, 5) is 27.0. The van der Waals surface area contributed by atoms with Gasteiger partial charge in [0.2, 0.25) is 5.95 Å². The lowest BCUT2D eigenvalue weighted by Gasteiger charge is -2.23. The number of rotatable bonds is 10. The molecule has 3 heterocycles. The Kier molecular flexibility index (Phi) is 7.33.